The van der Waals surface area contributed by atoms with Crippen molar-refractivity contribution in [1.29, 1.82) is 0 Å². The first-order valence-corrected chi connectivity index (χ1v) is 11.5. The summed E-state index contributed by atoms with van der Waals surface area (Å²) in [5.41, 5.74) is 4.41. The number of thioether (sulfide) groups is 1. The van der Waals surface area contributed by atoms with Gasteiger partial charge in [0.2, 0.25) is 5.89 Å². The van der Waals surface area contributed by atoms with E-state index in [1.807, 2.05) is 43.3 Å². The van der Waals surface area contributed by atoms with Crippen molar-refractivity contribution in [2.45, 2.75) is 45.3 Å². The molecule has 2 aromatic carbocycles. The lowest BCUT2D eigenvalue weighted by Crippen LogP contribution is -2.02. The van der Waals surface area contributed by atoms with E-state index >= 15 is 0 Å². The van der Waals surface area contributed by atoms with E-state index in [1.54, 1.807) is 11.8 Å². The van der Waals surface area contributed by atoms with Gasteiger partial charge in [0.1, 0.15) is 11.5 Å². The molecule has 0 bridgehead atoms. The maximum atomic E-state index is 12.2. The van der Waals surface area contributed by atoms with E-state index in [2.05, 4.69) is 24.0 Å². The van der Waals surface area contributed by atoms with E-state index in [1.165, 1.54) is 11.1 Å². The average Bonchev–Trinajstić information content (AvgIpc) is 3.10. The third kappa shape index (κ3) is 6.48. The number of carbonyl (C=O) groups is 1. The highest BCUT2D eigenvalue weighted by Gasteiger charge is 2.12. The lowest BCUT2D eigenvalue weighted by molar-refractivity contribution is -0.116. The zero-order valence-electron chi connectivity index (χ0n) is 16.9. The zero-order chi connectivity index (χ0) is 20.6. The van der Waals surface area contributed by atoms with Gasteiger partial charge < -0.3 is 4.42 Å². The summed E-state index contributed by atoms with van der Waals surface area (Å²) in [6, 6.07) is 16.1. The third-order valence-corrected chi connectivity index (χ3v) is 6.09. The van der Waals surface area contributed by atoms with Gasteiger partial charge in [0.25, 0.3) is 0 Å². The number of benzene rings is 2. The van der Waals surface area contributed by atoms with Crippen LogP contribution in [0.3, 0.4) is 0 Å². The van der Waals surface area contributed by atoms with E-state index in [4.69, 9.17) is 16.0 Å². The SMILES string of the molecule is CCc1ccc(-c2nc(CSCC(=O)CCCc3ccc(Cl)cc3)c(C)o2)cc1. The van der Waals surface area contributed by atoms with Gasteiger partial charge in [-0.15, -0.1) is 11.8 Å². The number of hydrogen-bond acceptors (Lipinski definition) is 4. The third-order valence-electron chi connectivity index (χ3n) is 4.84. The van der Waals surface area contributed by atoms with Gasteiger partial charge >= 0.3 is 0 Å². The van der Waals surface area contributed by atoms with Crippen LogP contribution in [0.25, 0.3) is 11.5 Å². The molecule has 3 aromatic rings. The first kappa shape index (κ1) is 21.7. The molecule has 0 unspecified atom stereocenters. The largest absolute Gasteiger partial charge is 0.441 e. The Hall–Kier alpha value is -2.04. The Morgan fingerprint density at radius 1 is 1.07 bits per heavy atom. The molecule has 0 spiro atoms. The van der Waals surface area contributed by atoms with Crippen LogP contribution >= 0.6 is 23.4 Å². The number of oxazole rings is 1. The molecule has 5 heteroatoms. The van der Waals surface area contributed by atoms with Crippen molar-refractivity contribution in [3.8, 4) is 11.5 Å². The highest BCUT2D eigenvalue weighted by Crippen LogP contribution is 2.25. The molecule has 0 fully saturated rings. The molecule has 3 nitrogen and oxygen atoms in total. The monoisotopic (exact) mass is 427 g/mol. The van der Waals surface area contributed by atoms with Crippen LogP contribution in [0.4, 0.5) is 0 Å². The lowest BCUT2D eigenvalue weighted by atomic mass is 10.1. The first-order chi connectivity index (χ1) is 14.0. The van der Waals surface area contributed by atoms with Crippen molar-refractivity contribution >= 4 is 29.1 Å². The molecular formula is C24H26ClNO2S. The Bertz CT molecular complexity index is 933. The van der Waals surface area contributed by atoms with Crippen molar-refractivity contribution in [3.05, 3.63) is 76.1 Å². The fraction of sp³-hybridized carbons (Fsp3) is 0.333. The minimum Gasteiger partial charge on any atom is -0.441 e. The number of ketones is 1. The number of rotatable bonds is 10. The second-order valence-corrected chi connectivity index (χ2v) is 8.51. The number of hydrogen-bond donors (Lipinski definition) is 0. The maximum Gasteiger partial charge on any atom is 0.226 e. The van der Waals surface area contributed by atoms with Gasteiger partial charge in [0, 0.05) is 22.8 Å². The minimum atomic E-state index is 0.278. The van der Waals surface area contributed by atoms with E-state index in [0.717, 1.165) is 41.3 Å². The number of halogens is 1. The molecular weight excluding hydrogens is 402 g/mol. The van der Waals surface area contributed by atoms with Crippen LogP contribution in [0.5, 0.6) is 0 Å². The summed E-state index contributed by atoms with van der Waals surface area (Å²) in [5, 5.41) is 0.741. The van der Waals surface area contributed by atoms with Crippen LogP contribution in [0.15, 0.2) is 52.9 Å². The van der Waals surface area contributed by atoms with Gasteiger partial charge in [-0.3, -0.25) is 4.79 Å². The maximum absolute atomic E-state index is 12.2. The van der Waals surface area contributed by atoms with Crippen molar-refractivity contribution in [3.63, 3.8) is 0 Å². The van der Waals surface area contributed by atoms with Gasteiger partial charge in [-0.2, -0.15) is 0 Å². The molecule has 0 N–H and O–H groups in total. The predicted molar refractivity (Wildman–Crippen MR) is 122 cm³/mol. The minimum absolute atomic E-state index is 0.278. The Morgan fingerprint density at radius 2 is 1.76 bits per heavy atom. The van der Waals surface area contributed by atoms with Crippen molar-refractivity contribution in [2.24, 2.45) is 0 Å². The van der Waals surface area contributed by atoms with Crippen LogP contribution in [0.2, 0.25) is 5.02 Å². The first-order valence-electron chi connectivity index (χ1n) is 9.94. The van der Waals surface area contributed by atoms with Crippen LogP contribution in [-0.2, 0) is 23.4 Å². The van der Waals surface area contributed by atoms with Gasteiger partial charge in [0.05, 0.1) is 11.4 Å². The molecule has 0 atom stereocenters. The summed E-state index contributed by atoms with van der Waals surface area (Å²) in [5.74, 6) is 2.94. The molecule has 0 saturated carbocycles. The van der Waals surface area contributed by atoms with Crippen LogP contribution < -0.4 is 0 Å². The van der Waals surface area contributed by atoms with E-state index in [9.17, 15) is 4.79 Å². The van der Waals surface area contributed by atoms with Crippen molar-refractivity contribution < 1.29 is 9.21 Å². The summed E-state index contributed by atoms with van der Waals surface area (Å²) in [6.45, 7) is 4.07. The average molecular weight is 428 g/mol. The standard InChI is InChI=1S/C24H26ClNO2S/c1-3-18-7-11-20(12-8-18)24-26-23(17(2)28-24)16-29-15-22(27)6-4-5-19-9-13-21(25)14-10-19/h7-14H,3-6,15-16H2,1-2H3. The second-order valence-electron chi connectivity index (χ2n) is 7.08. The molecule has 0 aliphatic heterocycles. The summed E-state index contributed by atoms with van der Waals surface area (Å²) in [6.07, 6.45) is 3.38. The summed E-state index contributed by atoms with van der Waals surface area (Å²) >= 11 is 7.50. The van der Waals surface area contributed by atoms with Crippen molar-refractivity contribution in [1.82, 2.24) is 4.98 Å². The highest BCUT2D eigenvalue weighted by atomic mass is 35.5. The molecule has 152 valence electrons. The predicted octanol–water partition coefficient (Wildman–Crippen LogP) is 6.69. The van der Waals surface area contributed by atoms with Gasteiger partial charge in [-0.25, -0.2) is 4.98 Å². The molecule has 0 aliphatic carbocycles. The Kier molecular flexibility index (Phi) is 7.96. The summed E-state index contributed by atoms with van der Waals surface area (Å²) < 4.78 is 5.84. The van der Waals surface area contributed by atoms with Crippen molar-refractivity contribution in [2.75, 3.05) is 5.75 Å². The fourth-order valence-corrected chi connectivity index (χ4v) is 4.10. The smallest absolute Gasteiger partial charge is 0.226 e. The molecule has 29 heavy (non-hydrogen) atoms. The Morgan fingerprint density at radius 3 is 2.45 bits per heavy atom. The normalized spacial score (nSPS) is 11.0. The number of Topliss-reactive ketones (excluding diaryl/α,β-unsaturated/α-hetero) is 1. The summed E-state index contributed by atoms with van der Waals surface area (Å²) in [4.78, 5) is 16.8. The highest BCUT2D eigenvalue weighted by molar-refractivity contribution is 7.99. The number of aryl methyl sites for hydroxylation is 3. The molecule has 0 radical (unpaired) electrons. The second kappa shape index (κ2) is 10.7. The van der Waals surface area contributed by atoms with Crippen LogP contribution in [-0.4, -0.2) is 16.5 Å². The number of aromatic nitrogens is 1. The van der Waals surface area contributed by atoms with E-state index in [-0.39, 0.29) is 5.78 Å². The van der Waals surface area contributed by atoms with Gasteiger partial charge in [0.15, 0.2) is 0 Å². The summed E-state index contributed by atoms with van der Waals surface area (Å²) in [7, 11) is 0. The molecule has 0 amide bonds. The number of carbonyl (C=O) groups excluding carboxylic acids is 1. The molecule has 3 rings (SSSR count). The molecule has 1 aromatic heterocycles. The molecule has 0 aliphatic rings. The van der Waals surface area contributed by atoms with Gasteiger partial charge in [-0.1, -0.05) is 42.8 Å². The van der Waals surface area contributed by atoms with E-state index < -0.39 is 0 Å². The molecule has 0 saturated heterocycles. The lowest BCUT2D eigenvalue weighted by Gasteiger charge is -2.02. The molecule has 1 heterocycles. The van der Waals surface area contributed by atoms with Crippen LogP contribution in [0.1, 0.15) is 42.3 Å². The zero-order valence-corrected chi connectivity index (χ0v) is 18.5. The van der Waals surface area contributed by atoms with Gasteiger partial charge in [-0.05, 0) is 61.6 Å². The Balaban J connectivity index is 1.43. The Labute approximate surface area is 181 Å². The quantitative estimate of drug-likeness (QED) is 0.361. The van der Waals surface area contributed by atoms with Crippen LogP contribution in [0, 0.1) is 6.92 Å². The topological polar surface area (TPSA) is 43.1 Å². The fourth-order valence-electron chi connectivity index (χ4n) is 3.04. The van der Waals surface area contributed by atoms with E-state index in [0.29, 0.717) is 23.8 Å². The number of nitrogens with zero attached hydrogens (tertiary/aromatic N) is 1.